The quantitative estimate of drug-likeness (QED) is 0.655. The fourth-order valence-electron chi connectivity index (χ4n) is 4.77. The summed E-state index contributed by atoms with van der Waals surface area (Å²) in [5.74, 6) is 0.438. The van der Waals surface area contributed by atoms with Crippen LogP contribution in [0.4, 0.5) is 0 Å². The van der Waals surface area contributed by atoms with E-state index >= 15 is 0 Å². The van der Waals surface area contributed by atoms with Gasteiger partial charge in [0.1, 0.15) is 6.04 Å². The number of hydrogen-bond acceptors (Lipinski definition) is 6. The Morgan fingerprint density at radius 1 is 1.22 bits per heavy atom. The molecule has 3 heterocycles. The number of aryl methyl sites for hydroxylation is 1. The predicted molar refractivity (Wildman–Crippen MR) is 122 cm³/mol. The first kappa shape index (κ1) is 22.9. The molecule has 1 aromatic carbocycles. The molecule has 0 aliphatic carbocycles. The number of ether oxygens (including phenoxy) is 1. The van der Waals surface area contributed by atoms with Crippen molar-refractivity contribution >= 4 is 15.7 Å². The van der Waals surface area contributed by atoms with E-state index in [9.17, 15) is 13.2 Å². The van der Waals surface area contributed by atoms with E-state index in [0.29, 0.717) is 39.3 Å². The van der Waals surface area contributed by atoms with Crippen molar-refractivity contribution in [3.63, 3.8) is 0 Å². The smallest absolute Gasteiger partial charge is 0.244 e. The van der Waals surface area contributed by atoms with Gasteiger partial charge in [-0.05, 0) is 32.9 Å². The predicted octanol–water partition coefficient (Wildman–Crippen LogP) is 1.89. The van der Waals surface area contributed by atoms with Gasteiger partial charge in [0, 0.05) is 30.9 Å². The van der Waals surface area contributed by atoms with Crippen LogP contribution in [0.3, 0.4) is 0 Å². The van der Waals surface area contributed by atoms with Gasteiger partial charge in [-0.1, -0.05) is 30.3 Å². The number of hydrogen-bond donors (Lipinski definition) is 0. The molecule has 0 radical (unpaired) electrons. The molecule has 2 atom stereocenters. The van der Waals surface area contributed by atoms with E-state index in [4.69, 9.17) is 9.84 Å². The molecule has 32 heavy (non-hydrogen) atoms. The van der Waals surface area contributed by atoms with Crippen molar-refractivity contribution in [2.75, 3.05) is 44.9 Å². The average Bonchev–Trinajstić information content (AvgIpc) is 3.28. The van der Waals surface area contributed by atoms with Gasteiger partial charge in [0.2, 0.25) is 5.91 Å². The zero-order valence-electron chi connectivity index (χ0n) is 19.0. The third-order valence-electron chi connectivity index (χ3n) is 6.55. The molecule has 0 saturated carbocycles. The zero-order chi connectivity index (χ0) is 22.9. The number of amides is 1. The maximum atomic E-state index is 13.5. The van der Waals surface area contributed by atoms with Crippen LogP contribution in [0.5, 0.6) is 0 Å². The van der Waals surface area contributed by atoms with Crippen LogP contribution in [0.15, 0.2) is 30.3 Å². The summed E-state index contributed by atoms with van der Waals surface area (Å²) in [6.45, 7) is 6.82. The lowest BCUT2D eigenvalue weighted by molar-refractivity contribution is -0.141. The molecule has 2 saturated heterocycles. The van der Waals surface area contributed by atoms with Crippen molar-refractivity contribution in [1.29, 1.82) is 0 Å². The van der Waals surface area contributed by atoms with Crippen molar-refractivity contribution in [1.82, 2.24) is 19.6 Å². The van der Waals surface area contributed by atoms with Crippen LogP contribution in [0.25, 0.3) is 0 Å². The molecule has 174 valence electrons. The molecular weight excluding hydrogens is 428 g/mol. The van der Waals surface area contributed by atoms with Gasteiger partial charge in [-0.25, -0.2) is 8.42 Å². The van der Waals surface area contributed by atoms with Gasteiger partial charge in [-0.2, -0.15) is 5.10 Å². The van der Waals surface area contributed by atoms with Crippen molar-refractivity contribution < 1.29 is 17.9 Å². The number of aromatic nitrogens is 2. The van der Waals surface area contributed by atoms with Crippen LogP contribution >= 0.6 is 0 Å². The summed E-state index contributed by atoms with van der Waals surface area (Å²) in [6.07, 6.45) is 0.599. The number of morpholine rings is 1. The number of rotatable bonds is 6. The number of sulfone groups is 1. The maximum Gasteiger partial charge on any atom is 0.244 e. The average molecular weight is 461 g/mol. The lowest BCUT2D eigenvalue weighted by Gasteiger charge is -2.34. The lowest BCUT2D eigenvalue weighted by Crippen LogP contribution is -2.46. The molecule has 8 nitrogen and oxygen atoms in total. The molecule has 0 unspecified atom stereocenters. The Hall–Kier alpha value is -2.23. The van der Waals surface area contributed by atoms with Crippen molar-refractivity contribution in [3.05, 3.63) is 52.8 Å². The highest BCUT2D eigenvalue weighted by Crippen LogP contribution is 2.29. The fraction of sp³-hybridized carbons (Fsp3) is 0.565. The Balaban J connectivity index is 1.60. The SMILES string of the molecule is Cc1nn([C@@H]2CCS(=O)(=O)C2)c(C)c1CN(C)[C@H](C(=O)N1CCOCC1)c1ccccc1. The van der Waals surface area contributed by atoms with E-state index in [1.54, 1.807) is 0 Å². The first-order valence-electron chi connectivity index (χ1n) is 11.1. The molecule has 2 aromatic rings. The van der Waals surface area contributed by atoms with Gasteiger partial charge < -0.3 is 9.64 Å². The van der Waals surface area contributed by atoms with Gasteiger partial charge >= 0.3 is 0 Å². The maximum absolute atomic E-state index is 13.5. The van der Waals surface area contributed by atoms with Crippen LogP contribution in [0, 0.1) is 13.8 Å². The number of benzene rings is 1. The second-order valence-corrected chi connectivity index (χ2v) is 11.0. The minimum Gasteiger partial charge on any atom is -0.378 e. The molecule has 0 spiro atoms. The van der Waals surface area contributed by atoms with Crippen molar-refractivity contribution in [2.45, 2.75) is 38.9 Å². The first-order valence-corrected chi connectivity index (χ1v) is 13.0. The minimum absolute atomic E-state index is 0.0755. The molecule has 0 bridgehead atoms. The summed E-state index contributed by atoms with van der Waals surface area (Å²) in [6, 6.07) is 9.32. The third-order valence-corrected chi connectivity index (χ3v) is 8.30. The Labute approximate surface area is 190 Å². The van der Waals surface area contributed by atoms with E-state index in [2.05, 4.69) is 4.90 Å². The van der Waals surface area contributed by atoms with Gasteiger partial charge in [0.25, 0.3) is 0 Å². The topological polar surface area (TPSA) is 84.7 Å². The number of likely N-dealkylation sites (N-methyl/N-ethyl adjacent to an activating group) is 1. The number of carbonyl (C=O) groups excluding carboxylic acids is 1. The molecule has 1 aromatic heterocycles. The number of nitrogens with zero attached hydrogens (tertiary/aromatic N) is 4. The van der Waals surface area contributed by atoms with E-state index < -0.39 is 15.9 Å². The largest absolute Gasteiger partial charge is 0.378 e. The standard InChI is InChI=1S/C23H32N4O4S/c1-17-21(18(2)27(24-17)20-9-14-32(29,30)16-20)15-25(3)22(19-7-5-4-6-8-19)23(28)26-10-12-31-13-11-26/h4-8,20,22H,9-16H2,1-3H3/t20-,22+/m1/s1. The molecule has 4 rings (SSSR count). The lowest BCUT2D eigenvalue weighted by atomic mass is 10.0. The highest BCUT2D eigenvalue weighted by atomic mass is 32.2. The van der Waals surface area contributed by atoms with Crippen LogP contribution in [0.1, 0.15) is 41.0 Å². The Morgan fingerprint density at radius 2 is 1.91 bits per heavy atom. The Kier molecular flexibility index (Phi) is 6.69. The molecular formula is C23H32N4O4S. The van der Waals surface area contributed by atoms with Crippen LogP contribution in [-0.2, 0) is 25.9 Å². The summed E-state index contributed by atoms with van der Waals surface area (Å²) >= 11 is 0. The second-order valence-electron chi connectivity index (χ2n) is 8.82. The monoisotopic (exact) mass is 460 g/mol. The summed E-state index contributed by atoms with van der Waals surface area (Å²) in [7, 11) is -1.03. The van der Waals surface area contributed by atoms with E-state index in [1.165, 1.54) is 0 Å². The van der Waals surface area contributed by atoms with Gasteiger partial charge in [-0.3, -0.25) is 14.4 Å². The number of carbonyl (C=O) groups is 1. The van der Waals surface area contributed by atoms with E-state index in [1.807, 2.05) is 60.8 Å². The van der Waals surface area contributed by atoms with E-state index in [0.717, 1.165) is 22.5 Å². The highest BCUT2D eigenvalue weighted by Gasteiger charge is 2.34. The molecule has 0 N–H and O–H groups in total. The zero-order valence-corrected chi connectivity index (χ0v) is 19.8. The van der Waals surface area contributed by atoms with Gasteiger partial charge in [0.05, 0.1) is 36.5 Å². The van der Waals surface area contributed by atoms with Crippen LogP contribution in [0.2, 0.25) is 0 Å². The normalized spacial score (nSPS) is 21.8. The molecule has 1 amide bonds. The summed E-state index contributed by atoms with van der Waals surface area (Å²) in [4.78, 5) is 17.5. The minimum atomic E-state index is -2.99. The highest BCUT2D eigenvalue weighted by molar-refractivity contribution is 7.91. The summed E-state index contributed by atoms with van der Waals surface area (Å²) in [5.41, 5.74) is 3.86. The summed E-state index contributed by atoms with van der Waals surface area (Å²) < 4.78 is 31.2. The van der Waals surface area contributed by atoms with Gasteiger partial charge in [0.15, 0.2) is 9.84 Å². The fourth-order valence-corrected chi connectivity index (χ4v) is 6.46. The molecule has 9 heteroatoms. The molecule has 2 aliphatic rings. The van der Waals surface area contributed by atoms with Crippen LogP contribution in [-0.4, -0.2) is 78.8 Å². The van der Waals surface area contributed by atoms with Crippen molar-refractivity contribution in [3.8, 4) is 0 Å². The van der Waals surface area contributed by atoms with Gasteiger partial charge in [-0.15, -0.1) is 0 Å². The molecule has 2 fully saturated rings. The van der Waals surface area contributed by atoms with Crippen LogP contribution < -0.4 is 0 Å². The Bertz CT molecular complexity index is 1060. The van der Waals surface area contributed by atoms with Crippen molar-refractivity contribution in [2.24, 2.45) is 0 Å². The Morgan fingerprint density at radius 3 is 2.53 bits per heavy atom. The third kappa shape index (κ3) is 4.74. The second kappa shape index (κ2) is 9.33. The molecule has 2 aliphatic heterocycles. The van der Waals surface area contributed by atoms with E-state index in [-0.39, 0.29) is 23.5 Å². The first-order chi connectivity index (χ1) is 15.3. The summed E-state index contributed by atoms with van der Waals surface area (Å²) in [5, 5.41) is 4.69.